The van der Waals surface area contributed by atoms with Crippen molar-refractivity contribution in [2.75, 3.05) is 18.5 Å². The number of fused-ring (bicyclic) bond motifs is 1. The summed E-state index contributed by atoms with van der Waals surface area (Å²) in [5.41, 5.74) is 4.36. The number of nitriles is 1. The van der Waals surface area contributed by atoms with Gasteiger partial charge in [0.05, 0.1) is 20.8 Å². The van der Waals surface area contributed by atoms with Gasteiger partial charge < -0.3 is 0 Å². The van der Waals surface area contributed by atoms with Crippen LogP contribution in [-0.4, -0.2) is 36.5 Å². The Hall–Kier alpha value is -2.80. The van der Waals surface area contributed by atoms with Crippen LogP contribution in [0.5, 0.6) is 0 Å². The minimum atomic E-state index is -3.50. The molecule has 1 N–H and O–H groups in total. The predicted molar refractivity (Wildman–Crippen MR) is 112 cm³/mol. The molecule has 3 aromatic rings. The Bertz CT molecular complexity index is 1110. The van der Waals surface area contributed by atoms with E-state index in [4.69, 9.17) is 0 Å². The van der Waals surface area contributed by atoms with Gasteiger partial charge in [-0.2, -0.15) is 14.7 Å². The SMILES string of the molecule is CCN(CC)S(=O)(=O)c1ccc(NN=C(C#N)c2nc3ccccc3s2)cc1. The van der Waals surface area contributed by atoms with Crippen molar-refractivity contribution in [3.05, 3.63) is 53.5 Å². The fourth-order valence-corrected chi connectivity index (χ4v) is 4.99. The van der Waals surface area contributed by atoms with E-state index in [0.717, 1.165) is 10.2 Å². The number of nitrogens with zero attached hydrogens (tertiary/aromatic N) is 4. The number of aromatic nitrogens is 1. The van der Waals surface area contributed by atoms with Gasteiger partial charge in [0.2, 0.25) is 10.0 Å². The van der Waals surface area contributed by atoms with E-state index >= 15 is 0 Å². The van der Waals surface area contributed by atoms with Gasteiger partial charge in [0.15, 0.2) is 10.7 Å². The molecule has 0 fully saturated rings. The van der Waals surface area contributed by atoms with Crippen LogP contribution in [0.3, 0.4) is 0 Å². The van der Waals surface area contributed by atoms with Crippen LogP contribution in [0.15, 0.2) is 58.5 Å². The van der Waals surface area contributed by atoms with Gasteiger partial charge in [-0.15, -0.1) is 11.3 Å². The first kappa shape index (κ1) is 19.9. The third-order valence-electron chi connectivity index (χ3n) is 4.10. The topological polar surface area (TPSA) is 98.5 Å². The molecule has 2 aromatic carbocycles. The van der Waals surface area contributed by atoms with Crippen molar-refractivity contribution in [2.24, 2.45) is 5.10 Å². The van der Waals surface area contributed by atoms with Crippen molar-refractivity contribution in [3.63, 3.8) is 0 Å². The van der Waals surface area contributed by atoms with E-state index in [2.05, 4.69) is 15.5 Å². The standard InChI is InChI=1S/C19H19N5O2S2/c1-3-24(4-2)28(25,26)15-11-9-14(10-12-15)22-23-17(13-20)19-21-16-7-5-6-8-18(16)27-19/h5-12,22H,3-4H2,1-2H3. The molecular weight excluding hydrogens is 394 g/mol. The van der Waals surface area contributed by atoms with Crippen molar-refractivity contribution in [3.8, 4) is 6.07 Å². The van der Waals surface area contributed by atoms with Crippen LogP contribution in [0.1, 0.15) is 18.9 Å². The summed E-state index contributed by atoms with van der Waals surface area (Å²) in [6, 6.07) is 16.0. The highest BCUT2D eigenvalue weighted by Crippen LogP contribution is 2.22. The van der Waals surface area contributed by atoms with Gasteiger partial charge in [-0.25, -0.2) is 13.4 Å². The number of nitrogens with one attached hydrogen (secondary N) is 1. The number of benzene rings is 2. The lowest BCUT2D eigenvalue weighted by Gasteiger charge is -2.18. The second-order valence-corrected chi connectivity index (χ2v) is 8.75. The number of rotatable bonds is 7. The molecule has 0 spiro atoms. The average Bonchev–Trinajstić information content (AvgIpc) is 3.13. The molecule has 0 aliphatic rings. The molecule has 144 valence electrons. The number of para-hydroxylation sites is 1. The van der Waals surface area contributed by atoms with Crippen LogP contribution >= 0.6 is 11.3 Å². The Balaban J connectivity index is 1.80. The number of anilines is 1. The van der Waals surface area contributed by atoms with Gasteiger partial charge in [-0.1, -0.05) is 26.0 Å². The highest BCUT2D eigenvalue weighted by molar-refractivity contribution is 7.89. The molecule has 0 radical (unpaired) electrons. The van der Waals surface area contributed by atoms with Crippen molar-refractivity contribution < 1.29 is 8.42 Å². The maximum atomic E-state index is 12.5. The van der Waals surface area contributed by atoms with Crippen molar-refractivity contribution >= 4 is 43.0 Å². The summed E-state index contributed by atoms with van der Waals surface area (Å²) in [5.74, 6) is 0. The summed E-state index contributed by atoms with van der Waals surface area (Å²) in [6.45, 7) is 4.43. The molecule has 0 aliphatic carbocycles. The van der Waals surface area contributed by atoms with Gasteiger partial charge in [-0.3, -0.25) is 5.43 Å². The minimum Gasteiger partial charge on any atom is -0.277 e. The van der Waals surface area contributed by atoms with Crippen LogP contribution in [-0.2, 0) is 10.0 Å². The second-order valence-electron chi connectivity index (χ2n) is 5.78. The van der Waals surface area contributed by atoms with E-state index in [1.165, 1.54) is 27.8 Å². The average molecular weight is 414 g/mol. The summed E-state index contributed by atoms with van der Waals surface area (Å²) >= 11 is 1.39. The number of hydrogen-bond acceptors (Lipinski definition) is 7. The van der Waals surface area contributed by atoms with Crippen LogP contribution in [0.4, 0.5) is 5.69 Å². The zero-order valence-corrected chi connectivity index (χ0v) is 17.1. The van der Waals surface area contributed by atoms with Crippen LogP contribution in [0.2, 0.25) is 0 Å². The number of hydrogen-bond donors (Lipinski definition) is 1. The molecule has 9 heteroatoms. The zero-order valence-electron chi connectivity index (χ0n) is 15.5. The highest BCUT2D eigenvalue weighted by Gasteiger charge is 2.21. The predicted octanol–water partition coefficient (Wildman–Crippen LogP) is 3.67. The van der Waals surface area contributed by atoms with Crippen LogP contribution in [0.25, 0.3) is 10.2 Å². The molecule has 0 saturated heterocycles. The zero-order chi connectivity index (χ0) is 20.1. The highest BCUT2D eigenvalue weighted by atomic mass is 32.2. The lowest BCUT2D eigenvalue weighted by Crippen LogP contribution is -2.30. The van der Waals surface area contributed by atoms with Gasteiger partial charge in [0.1, 0.15) is 6.07 Å². The number of sulfonamides is 1. The van der Waals surface area contributed by atoms with Gasteiger partial charge in [0, 0.05) is 13.1 Å². The fraction of sp³-hybridized carbons (Fsp3) is 0.211. The lowest BCUT2D eigenvalue weighted by molar-refractivity contribution is 0.445. The van der Waals surface area contributed by atoms with E-state index in [9.17, 15) is 13.7 Å². The van der Waals surface area contributed by atoms with Crippen molar-refractivity contribution in [2.45, 2.75) is 18.7 Å². The molecule has 1 aromatic heterocycles. The number of hydrazone groups is 1. The first-order valence-corrected chi connectivity index (χ1v) is 10.9. The molecule has 1 heterocycles. The molecule has 0 unspecified atom stereocenters. The summed E-state index contributed by atoms with van der Waals surface area (Å²) in [4.78, 5) is 4.64. The molecule has 0 amide bonds. The van der Waals surface area contributed by atoms with Crippen molar-refractivity contribution in [1.82, 2.24) is 9.29 Å². The maximum Gasteiger partial charge on any atom is 0.243 e. The summed E-state index contributed by atoms with van der Waals surface area (Å²) in [5, 5.41) is 14.1. The first-order valence-electron chi connectivity index (χ1n) is 8.69. The van der Waals surface area contributed by atoms with E-state index in [0.29, 0.717) is 23.8 Å². The fourth-order valence-electron chi connectivity index (χ4n) is 2.63. The maximum absolute atomic E-state index is 12.5. The Morgan fingerprint density at radius 3 is 2.46 bits per heavy atom. The summed E-state index contributed by atoms with van der Waals surface area (Å²) < 4.78 is 27.4. The molecule has 0 saturated carbocycles. The Labute approximate surface area is 168 Å². The first-order chi connectivity index (χ1) is 13.5. The molecular formula is C19H19N5O2S2. The van der Waals surface area contributed by atoms with Gasteiger partial charge in [0.25, 0.3) is 0 Å². The monoisotopic (exact) mass is 413 g/mol. The van der Waals surface area contributed by atoms with Crippen molar-refractivity contribution in [1.29, 1.82) is 5.26 Å². The molecule has 28 heavy (non-hydrogen) atoms. The third-order valence-corrected chi connectivity index (χ3v) is 7.20. The van der Waals surface area contributed by atoms with E-state index < -0.39 is 10.0 Å². The largest absolute Gasteiger partial charge is 0.277 e. The molecule has 7 nitrogen and oxygen atoms in total. The number of thiazole rings is 1. The normalized spacial score (nSPS) is 12.3. The molecule has 0 atom stereocenters. The quantitative estimate of drug-likeness (QED) is 0.471. The smallest absolute Gasteiger partial charge is 0.243 e. The summed E-state index contributed by atoms with van der Waals surface area (Å²) in [6.07, 6.45) is 0. The Morgan fingerprint density at radius 2 is 1.86 bits per heavy atom. The Kier molecular flexibility index (Phi) is 6.04. The van der Waals surface area contributed by atoms with Crippen LogP contribution in [0, 0.1) is 11.3 Å². The van der Waals surface area contributed by atoms with E-state index in [1.54, 1.807) is 26.0 Å². The lowest BCUT2D eigenvalue weighted by atomic mass is 10.3. The van der Waals surface area contributed by atoms with Crippen LogP contribution < -0.4 is 5.43 Å². The minimum absolute atomic E-state index is 0.168. The van der Waals surface area contributed by atoms with E-state index in [1.807, 2.05) is 30.3 Å². The third kappa shape index (κ3) is 4.04. The van der Waals surface area contributed by atoms with E-state index in [-0.39, 0.29) is 10.6 Å². The molecule has 0 bridgehead atoms. The van der Waals surface area contributed by atoms with Gasteiger partial charge in [-0.05, 0) is 36.4 Å². The summed E-state index contributed by atoms with van der Waals surface area (Å²) in [7, 11) is -3.50. The Morgan fingerprint density at radius 1 is 1.18 bits per heavy atom. The molecule has 3 rings (SSSR count). The van der Waals surface area contributed by atoms with Gasteiger partial charge >= 0.3 is 0 Å². The molecule has 0 aliphatic heterocycles. The second kappa shape index (κ2) is 8.48.